The molecule has 3 rings (SSSR count). The highest BCUT2D eigenvalue weighted by atomic mass is 16.2. The van der Waals surface area contributed by atoms with Crippen molar-refractivity contribution in [3.63, 3.8) is 0 Å². The van der Waals surface area contributed by atoms with Crippen LogP contribution in [-0.4, -0.2) is 26.1 Å². The van der Waals surface area contributed by atoms with E-state index in [0.29, 0.717) is 18.1 Å². The number of carbonyl (C=O) groups is 1. The number of nitrogens with one attached hydrogen (secondary N) is 3. The average Bonchev–Trinajstić information content (AvgIpc) is 3.01. The van der Waals surface area contributed by atoms with E-state index >= 15 is 0 Å². The zero-order valence-corrected chi connectivity index (χ0v) is 10.9. The number of hydrogen-bond donors (Lipinski definition) is 4. The summed E-state index contributed by atoms with van der Waals surface area (Å²) in [5.41, 5.74) is 8.80. The summed E-state index contributed by atoms with van der Waals surface area (Å²) in [6.07, 6.45) is 0.691. The van der Waals surface area contributed by atoms with Crippen molar-refractivity contribution >= 4 is 28.6 Å². The maximum absolute atomic E-state index is 12.1. The van der Waals surface area contributed by atoms with Gasteiger partial charge in [-0.15, -0.1) is 0 Å². The molecular formula is C13H14N6O. The third kappa shape index (κ3) is 1.99. The Bertz CT molecular complexity index is 739. The minimum absolute atomic E-state index is 0.183. The molecule has 0 aliphatic rings. The Morgan fingerprint density at radius 1 is 1.40 bits per heavy atom. The summed E-state index contributed by atoms with van der Waals surface area (Å²) in [6.45, 7) is 1.94. The first-order valence-corrected chi connectivity index (χ1v) is 6.28. The molecule has 0 saturated heterocycles. The summed E-state index contributed by atoms with van der Waals surface area (Å²) in [7, 11) is 0. The molecule has 5 N–H and O–H groups in total. The van der Waals surface area contributed by atoms with Crippen molar-refractivity contribution < 1.29 is 4.79 Å². The summed E-state index contributed by atoms with van der Waals surface area (Å²) in [5, 5.41) is 9.34. The number of benzene rings is 1. The van der Waals surface area contributed by atoms with Crippen LogP contribution in [0.2, 0.25) is 0 Å². The van der Waals surface area contributed by atoms with Crippen LogP contribution in [0.15, 0.2) is 24.3 Å². The molecule has 0 saturated carbocycles. The number of fused-ring (bicyclic) bond motifs is 1. The molecule has 102 valence electrons. The van der Waals surface area contributed by atoms with Crippen LogP contribution >= 0.6 is 0 Å². The van der Waals surface area contributed by atoms with Crippen LogP contribution < -0.4 is 11.1 Å². The quantitative estimate of drug-likeness (QED) is 0.580. The number of amides is 1. The Labute approximate surface area is 114 Å². The second kappa shape index (κ2) is 4.69. The van der Waals surface area contributed by atoms with E-state index in [1.165, 1.54) is 0 Å². The van der Waals surface area contributed by atoms with Gasteiger partial charge in [-0.25, -0.2) is 4.98 Å². The van der Waals surface area contributed by atoms with E-state index in [-0.39, 0.29) is 5.69 Å². The number of aryl methyl sites for hydroxylation is 1. The van der Waals surface area contributed by atoms with Gasteiger partial charge in [0, 0.05) is 0 Å². The summed E-state index contributed by atoms with van der Waals surface area (Å²) in [4.78, 5) is 19.4. The van der Waals surface area contributed by atoms with Gasteiger partial charge in [0.25, 0.3) is 5.91 Å². The number of imidazole rings is 1. The first-order valence-electron chi connectivity index (χ1n) is 6.28. The molecule has 0 bridgehead atoms. The van der Waals surface area contributed by atoms with Crippen molar-refractivity contribution in [2.75, 3.05) is 11.1 Å². The lowest BCUT2D eigenvalue weighted by atomic mass is 10.2. The molecule has 0 aliphatic heterocycles. The lowest BCUT2D eigenvalue weighted by Crippen LogP contribution is -2.15. The molecule has 0 radical (unpaired) electrons. The third-order valence-corrected chi connectivity index (χ3v) is 3.07. The Kier molecular flexibility index (Phi) is 2.86. The first kappa shape index (κ1) is 12.2. The Balaban J connectivity index is 1.86. The molecule has 7 nitrogen and oxygen atoms in total. The molecular weight excluding hydrogens is 256 g/mol. The number of rotatable bonds is 3. The first-order chi connectivity index (χ1) is 9.69. The second-order valence-corrected chi connectivity index (χ2v) is 4.37. The van der Waals surface area contributed by atoms with Crippen LogP contribution in [0.4, 0.5) is 11.6 Å². The van der Waals surface area contributed by atoms with Gasteiger partial charge < -0.3 is 10.7 Å². The fourth-order valence-corrected chi connectivity index (χ4v) is 2.01. The molecule has 2 aromatic heterocycles. The number of nitrogens with zero attached hydrogens (tertiary/aromatic N) is 2. The number of aromatic amines is 2. The maximum atomic E-state index is 12.1. The Morgan fingerprint density at radius 3 is 2.90 bits per heavy atom. The number of nitrogens with two attached hydrogens (primary N) is 1. The molecule has 1 aromatic carbocycles. The van der Waals surface area contributed by atoms with Crippen molar-refractivity contribution in [3.8, 4) is 0 Å². The van der Waals surface area contributed by atoms with Gasteiger partial charge in [-0.2, -0.15) is 5.10 Å². The van der Waals surface area contributed by atoms with Gasteiger partial charge in [-0.1, -0.05) is 19.1 Å². The molecule has 0 atom stereocenters. The average molecular weight is 270 g/mol. The summed E-state index contributed by atoms with van der Waals surface area (Å²) in [6, 6.07) is 7.52. The van der Waals surface area contributed by atoms with Crippen molar-refractivity contribution in [2.24, 2.45) is 0 Å². The van der Waals surface area contributed by atoms with Crippen LogP contribution in [0.25, 0.3) is 11.0 Å². The summed E-state index contributed by atoms with van der Waals surface area (Å²) < 4.78 is 0. The molecule has 3 aromatic rings. The number of carbonyl (C=O) groups excluding carboxylic acids is 1. The topological polar surface area (TPSA) is 112 Å². The number of aromatic nitrogens is 4. The smallest absolute Gasteiger partial charge is 0.280 e. The van der Waals surface area contributed by atoms with Gasteiger partial charge in [-0.3, -0.25) is 15.2 Å². The molecule has 0 aliphatic carbocycles. The highest BCUT2D eigenvalue weighted by Crippen LogP contribution is 2.17. The second-order valence-electron chi connectivity index (χ2n) is 4.37. The van der Waals surface area contributed by atoms with E-state index in [9.17, 15) is 4.79 Å². The van der Waals surface area contributed by atoms with Gasteiger partial charge in [-0.05, 0) is 18.6 Å². The number of H-pyrrole nitrogens is 2. The maximum Gasteiger partial charge on any atom is 0.280 e. The van der Waals surface area contributed by atoms with Crippen molar-refractivity contribution in [3.05, 3.63) is 35.7 Å². The standard InChI is InChI=1S/C13H14N6O/c1-2-7-10(14)11(19-18-7)12(20)17-13-15-8-5-3-4-6-9(8)16-13/h3-6H,2,14H2,1H3,(H,18,19)(H2,15,16,17,20). The van der Waals surface area contributed by atoms with Crippen molar-refractivity contribution in [2.45, 2.75) is 13.3 Å². The van der Waals surface area contributed by atoms with E-state index in [1.807, 2.05) is 31.2 Å². The zero-order valence-electron chi connectivity index (χ0n) is 10.9. The Hall–Kier alpha value is -2.83. The van der Waals surface area contributed by atoms with E-state index in [1.54, 1.807) is 0 Å². The molecule has 7 heteroatoms. The van der Waals surface area contributed by atoms with Crippen LogP contribution in [0.5, 0.6) is 0 Å². The van der Waals surface area contributed by atoms with E-state index in [4.69, 9.17) is 5.73 Å². The van der Waals surface area contributed by atoms with Gasteiger partial charge >= 0.3 is 0 Å². The number of nitrogen functional groups attached to an aromatic ring is 1. The fourth-order valence-electron chi connectivity index (χ4n) is 2.01. The van der Waals surface area contributed by atoms with Crippen LogP contribution in [0.3, 0.4) is 0 Å². The third-order valence-electron chi connectivity index (χ3n) is 3.07. The number of anilines is 2. The normalized spacial score (nSPS) is 10.8. The lowest BCUT2D eigenvalue weighted by molar-refractivity contribution is 0.102. The molecule has 2 heterocycles. The monoisotopic (exact) mass is 270 g/mol. The van der Waals surface area contributed by atoms with Crippen LogP contribution in [0, 0.1) is 0 Å². The minimum Gasteiger partial charge on any atom is -0.395 e. The van der Waals surface area contributed by atoms with Gasteiger partial charge in [0.1, 0.15) is 0 Å². The predicted octanol–water partition coefficient (Wildman–Crippen LogP) is 1.68. The lowest BCUT2D eigenvalue weighted by Gasteiger charge is -1.99. The fraction of sp³-hybridized carbons (Fsp3) is 0.154. The van der Waals surface area contributed by atoms with Gasteiger partial charge in [0.15, 0.2) is 5.69 Å². The largest absolute Gasteiger partial charge is 0.395 e. The molecule has 0 spiro atoms. The van der Waals surface area contributed by atoms with E-state index < -0.39 is 5.91 Å². The van der Waals surface area contributed by atoms with Crippen molar-refractivity contribution in [1.29, 1.82) is 0 Å². The van der Waals surface area contributed by atoms with Crippen molar-refractivity contribution in [1.82, 2.24) is 20.2 Å². The predicted molar refractivity (Wildman–Crippen MR) is 76.4 cm³/mol. The van der Waals surface area contributed by atoms with E-state index in [2.05, 4.69) is 25.5 Å². The zero-order chi connectivity index (χ0) is 14.1. The van der Waals surface area contributed by atoms with Gasteiger partial charge in [0.05, 0.1) is 22.4 Å². The number of hydrogen-bond acceptors (Lipinski definition) is 4. The van der Waals surface area contributed by atoms with Gasteiger partial charge in [0.2, 0.25) is 5.95 Å². The van der Waals surface area contributed by atoms with E-state index in [0.717, 1.165) is 16.7 Å². The molecule has 1 amide bonds. The molecule has 0 fully saturated rings. The Morgan fingerprint density at radius 2 is 2.20 bits per heavy atom. The molecule has 20 heavy (non-hydrogen) atoms. The molecule has 0 unspecified atom stereocenters. The SMILES string of the molecule is CCc1[nH]nc(C(=O)Nc2nc3ccccc3[nH]2)c1N. The van der Waals surface area contributed by atoms with Crippen LogP contribution in [-0.2, 0) is 6.42 Å². The number of para-hydroxylation sites is 2. The van der Waals surface area contributed by atoms with Crippen LogP contribution in [0.1, 0.15) is 23.1 Å². The minimum atomic E-state index is -0.391. The highest BCUT2D eigenvalue weighted by molar-refractivity contribution is 6.06. The highest BCUT2D eigenvalue weighted by Gasteiger charge is 2.17. The summed E-state index contributed by atoms with van der Waals surface area (Å²) >= 11 is 0. The summed E-state index contributed by atoms with van der Waals surface area (Å²) in [5.74, 6) is -0.0193.